The quantitative estimate of drug-likeness (QED) is 0.759. The number of carbonyl (C=O) groups excluding carboxylic acids is 1. The number of rotatable bonds is 6. The van der Waals surface area contributed by atoms with Gasteiger partial charge in [-0.15, -0.1) is 0 Å². The fraction of sp³-hybridized carbons (Fsp3) is 0.600. The maximum atomic E-state index is 12.7. The first-order valence-electron chi connectivity index (χ1n) is 9.54. The van der Waals surface area contributed by atoms with Gasteiger partial charge in [0.25, 0.3) is 5.91 Å². The fourth-order valence-electron chi connectivity index (χ4n) is 3.43. The summed E-state index contributed by atoms with van der Waals surface area (Å²) in [6, 6.07) is 3.79. The van der Waals surface area contributed by atoms with Crippen molar-refractivity contribution in [2.75, 3.05) is 6.61 Å². The van der Waals surface area contributed by atoms with Crippen LogP contribution in [0.2, 0.25) is 5.15 Å². The zero-order valence-electron chi connectivity index (χ0n) is 15.8. The molecule has 1 N–H and O–H groups in total. The Morgan fingerprint density at radius 2 is 2.15 bits per heavy atom. The van der Waals surface area contributed by atoms with Crippen molar-refractivity contribution in [1.82, 2.24) is 14.7 Å². The smallest absolute Gasteiger partial charge is 0.255 e. The van der Waals surface area contributed by atoms with Crippen molar-refractivity contribution in [3.8, 4) is 0 Å². The Hall–Kier alpha value is -1.59. The summed E-state index contributed by atoms with van der Waals surface area (Å²) in [5.74, 6) is 0.531. The number of aromatic nitrogens is 2. The van der Waals surface area contributed by atoms with E-state index < -0.39 is 0 Å². The van der Waals surface area contributed by atoms with Crippen LogP contribution in [0.25, 0.3) is 5.65 Å². The molecule has 1 fully saturated rings. The van der Waals surface area contributed by atoms with Gasteiger partial charge in [0.05, 0.1) is 11.7 Å². The van der Waals surface area contributed by atoms with E-state index in [1.54, 1.807) is 6.07 Å². The van der Waals surface area contributed by atoms with Gasteiger partial charge >= 0.3 is 0 Å². The van der Waals surface area contributed by atoms with E-state index in [-0.39, 0.29) is 11.9 Å². The molecule has 1 aliphatic rings. The zero-order valence-corrected chi connectivity index (χ0v) is 16.6. The number of hydrogen-bond donors (Lipinski definition) is 1. The van der Waals surface area contributed by atoms with Crippen molar-refractivity contribution in [3.05, 3.63) is 34.7 Å². The predicted octanol–water partition coefficient (Wildman–Crippen LogP) is 4.40. The average Bonchev–Trinajstić information content (AvgIpc) is 3.05. The first kappa shape index (κ1) is 19.2. The molecule has 2 heterocycles. The number of hydrogen-bond acceptors (Lipinski definition) is 3. The van der Waals surface area contributed by atoms with Crippen LogP contribution >= 0.6 is 11.6 Å². The molecule has 1 unspecified atom stereocenters. The highest BCUT2D eigenvalue weighted by molar-refractivity contribution is 6.29. The van der Waals surface area contributed by atoms with Crippen LogP contribution in [0.1, 0.15) is 62.0 Å². The van der Waals surface area contributed by atoms with Gasteiger partial charge in [0.1, 0.15) is 5.15 Å². The molecule has 2 aromatic heterocycles. The minimum absolute atomic E-state index is 0.0781. The van der Waals surface area contributed by atoms with Gasteiger partial charge in [-0.2, -0.15) is 0 Å². The number of carbonyl (C=O) groups is 1. The number of fused-ring (bicyclic) bond motifs is 1. The number of amides is 1. The number of nitrogens with zero attached hydrogens (tertiary/aromatic N) is 2. The molecular formula is C20H28ClN3O2. The summed E-state index contributed by atoms with van der Waals surface area (Å²) in [5.41, 5.74) is 2.14. The van der Waals surface area contributed by atoms with E-state index in [4.69, 9.17) is 16.3 Å². The van der Waals surface area contributed by atoms with Crippen molar-refractivity contribution >= 4 is 23.2 Å². The molecule has 3 rings (SSSR count). The summed E-state index contributed by atoms with van der Waals surface area (Å²) in [5, 5.41) is 3.56. The molecule has 0 radical (unpaired) electrons. The SMILES string of the molecule is CCC(C)CO[C@H]1CC[C@H](NC(=O)c2ccn3c(C)cc(Cl)nc23)CC1. The predicted molar refractivity (Wildman–Crippen MR) is 104 cm³/mol. The molecule has 5 nitrogen and oxygen atoms in total. The Labute approximate surface area is 160 Å². The van der Waals surface area contributed by atoms with Crippen LogP contribution in [0.3, 0.4) is 0 Å². The zero-order chi connectivity index (χ0) is 18.7. The highest BCUT2D eigenvalue weighted by Gasteiger charge is 2.24. The van der Waals surface area contributed by atoms with Crippen molar-refractivity contribution in [1.29, 1.82) is 0 Å². The molecule has 26 heavy (non-hydrogen) atoms. The van der Waals surface area contributed by atoms with Gasteiger partial charge < -0.3 is 14.5 Å². The fourth-order valence-corrected chi connectivity index (χ4v) is 3.67. The van der Waals surface area contributed by atoms with Gasteiger partial charge in [-0.25, -0.2) is 4.98 Å². The molecule has 6 heteroatoms. The van der Waals surface area contributed by atoms with Crippen LogP contribution < -0.4 is 5.32 Å². The first-order valence-corrected chi connectivity index (χ1v) is 9.92. The number of aryl methyl sites for hydroxylation is 1. The standard InChI is InChI=1S/C20H28ClN3O2/c1-4-13(2)12-26-16-7-5-15(6-8-16)22-20(25)17-9-10-24-14(3)11-18(21)23-19(17)24/h9-11,13,15-16H,4-8,12H2,1-3H3,(H,22,25)/t13?,15-,16-. The molecule has 1 atom stereocenters. The summed E-state index contributed by atoms with van der Waals surface area (Å²) in [6.45, 7) is 7.19. The summed E-state index contributed by atoms with van der Waals surface area (Å²) >= 11 is 6.06. The lowest BCUT2D eigenvalue weighted by Gasteiger charge is -2.29. The van der Waals surface area contributed by atoms with E-state index in [2.05, 4.69) is 24.1 Å². The lowest BCUT2D eigenvalue weighted by Crippen LogP contribution is -2.39. The van der Waals surface area contributed by atoms with Crippen LogP contribution in [0, 0.1) is 12.8 Å². The van der Waals surface area contributed by atoms with Crippen LogP contribution in [0.4, 0.5) is 0 Å². The summed E-state index contributed by atoms with van der Waals surface area (Å²) in [4.78, 5) is 17.0. The Morgan fingerprint density at radius 1 is 1.42 bits per heavy atom. The molecular weight excluding hydrogens is 350 g/mol. The molecule has 0 saturated heterocycles. The van der Waals surface area contributed by atoms with Crippen LogP contribution in [-0.4, -0.2) is 34.0 Å². The Morgan fingerprint density at radius 3 is 2.85 bits per heavy atom. The third kappa shape index (κ3) is 4.38. The topological polar surface area (TPSA) is 55.6 Å². The maximum absolute atomic E-state index is 12.7. The molecule has 2 aromatic rings. The van der Waals surface area contributed by atoms with Gasteiger partial charge in [-0.1, -0.05) is 31.9 Å². The maximum Gasteiger partial charge on any atom is 0.255 e. The van der Waals surface area contributed by atoms with Gasteiger partial charge in [0.15, 0.2) is 5.65 Å². The monoisotopic (exact) mass is 377 g/mol. The molecule has 0 spiro atoms. The lowest BCUT2D eigenvalue weighted by atomic mass is 9.92. The minimum Gasteiger partial charge on any atom is -0.378 e. The van der Waals surface area contributed by atoms with Crippen molar-refractivity contribution < 1.29 is 9.53 Å². The molecule has 1 saturated carbocycles. The van der Waals surface area contributed by atoms with Crippen molar-refractivity contribution in [2.24, 2.45) is 5.92 Å². The lowest BCUT2D eigenvalue weighted by molar-refractivity contribution is 0.00537. The molecule has 0 aromatic carbocycles. The van der Waals surface area contributed by atoms with Crippen LogP contribution in [0.15, 0.2) is 18.3 Å². The van der Waals surface area contributed by atoms with Gasteiger partial charge in [-0.05, 0) is 50.7 Å². The van der Waals surface area contributed by atoms with Crippen LogP contribution in [0.5, 0.6) is 0 Å². The minimum atomic E-state index is -0.0781. The molecule has 0 bridgehead atoms. The van der Waals surface area contributed by atoms with E-state index in [1.807, 2.05) is 23.6 Å². The van der Waals surface area contributed by atoms with E-state index in [9.17, 15) is 4.79 Å². The second-order valence-corrected chi connectivity index (χ2v) is 7.82. The second-order valence-electron chi connectivity index (χ2n) is 7.44. The number of halogens is 1. The molecule has 1 aliphatic carbocycles. The van der Waals surface area contributed by atoms with Gasteiger partial charge in [0, 0.05) is 24.5 Å². The Balaban J connectivity index is 1.57. The normalized spacial score (nSPS) is 21.7. The van der Waals surface area contributed by atoms with E-state index in [0.29, 0.717) is 28.4 Å². The first-order chi connectivity index (χ1) is 12.5. The van der Waals surface area contributed by atoms with Gasteiger partial charge in [0.2, 0.25) is 0 Å². The Bertz CT molecular complexity index is 766. The average molecular weight is 378 g/mol. The molecule has 1 amide bonds. The molecule has 142 valence electrons. The third-order valence-corrected chi connectivity index (χ3v) is 5.54. The highest BCUT2D eigenvalue weighted by Crippen LogP contribution is 2.23. The largest absolute Gasteiger partial charge is 0.378 e. The van der Waals surface area contributed by atoms with Gasteiger partial charge in [-0.3, -0.25) is 4.79 Å². The highest BCUT2D eigenvalue weighted by atomic mass is 35.5. The summed E-state index contributed by atoms with van der Waals surface area (Å²) in [7, 11) is 0. The van der Waals surface area contributed by atoms with Crippen molar-refractivity contribution in [2.45, 2.75) is 65.0 Å². The number of nitrogens with one attached hydrogen (secondary N) is 1. The summed E-state index contributed by atoms with van der Waals surface area (Å²) in [6.07, 6.45) is 7.25. The van der Waals surface area contributed by atoms with E-state index >= 15 is 0 Å². The second kappa shape index (κ2) is 8.40. The van der Waals surface area contributed by atoms with E-state index in [1.165, 1.54) is 0 Å². The third-order valence-electron chi connectivity index (χ3n) is 5.35. The van der Waals surface area contributed by atoms with Crippen molar-refractivity contribution in [3.63, 3.8) is 0 Å². The molecule has 0 aliphatic heterocycles. The van der Waals surface area contributed by atoms with Crippen LogP contribution in [-0.2, 0) is 4.74 Å². The summed E-state index contributed by atoms with van der Waals surface area (Å²) < 4.78 is 7.89. The van der Waals surface area contributed by atoms with E-state index in [0.717, 1.165) is 44.4 Å². The Kier molecular flexibility index (Phi) is 6.20. The number of ether oxygens (including phenoxy) is 1.